The molecular formula is C15H21NO2. The summed E-state index contributed by atoms with van der Waals surface area (Å²) in [5.74, 6) is -0.342. The standard InChI is InChI=1S/C15H21NO2/c1-11(15(17)18)13-7-3-2-4-8-14(13)12-6-5-9-16-10-12/h5-6,9-11,13-14H,2-4,7-8H2,1H3,(H,17,18). The van der Waals surface area contributed by atoms with Crippen molar-refractivity contribution in [2.24, 2.45) is 11.8 Å². The molecule has 1 aliphatic rings. The van der Waals surface area contributed by atoms with Crippen LogP contribution < -0.4 is 0 Å². The number of carbonyl (C=O) groups is 1. The molecule has 3 atom stereocenters. The van der Waals surface area contributed by atoms with Crippen LogP contribution in [0.5, 0.6) is 0 Å². The van der Waals surface area contributed by atoms with E-state index in [9.17, 15) is 9.90 Å². The number of rotatable bonds is 3. The summed E-state index contributed by atoms with van der Waals surface area (Å²) in [6, 6.07) is 4.03. The van der Waals surface area contributed by atoms with Crippen molar-refractivity contribution in [2.45, 2.75) is 44.9 Å². The Bertz CT molecular complexity index is 391. The van der Waals surface area contributed by atoms with Crippen molar-refractivity contribution in [3.63, 3.8) is 0 Å². The monoisotopic (exact) mass is 247 g/mol. The summed E-state index contributed by atoms with van der Waals surface area (Å²) in [4.78, 5) is 15.5. The summed E-state index contributed by atoms with van der Waals surface area (Å²) in [6.45, 7) is 1.85. The lowest BCUT2D eigenvalue weighted by atomic mass is 9.76. The van der Waals surface area contributed by atoms with Gasteiger partial charge in [-0.1, -0.05) is 32.3 Å². The molecule has 1 aromatic heterocycles. The Labute approximate surface area is 108 Å². The third-order valence-corrected chi connectivity index (χ3v) is 4.21. The van der Waals surface area contributed by atoms with Crippen molar-refractivity contribution >= 4 is 5.97 Å². The van der Waals surface area contributed by atoms with Crippen LogP contribution >= 0.6 is 0 Å². The Morgan fingerprint density at radius 3 is 2.83 bits per heavy atom. The fourth-order valence-electron chi connectivity index (χ4n) is 3.13. The summed E-state index contributed by atoms with van der Waals surface area (Å²) in [5, 5.41) is 9.28. The maximum Gasteiger partial charge on any atom is 0.306 e. The van der Waals surface area contributed by atoms with Crippen molar-refractivity contribution in [3.05, 3.63) is 30.1 Å². The van der Waals surface area contributed by atoms with Crippen molar-refractivity contribution in [1.29, 1.82) is 0 Å². The normalized spacial score (nSPS) is 26.3. The van der Waals surface area contributed by atoms with Gasteiger partial charge in [0.2, 0.25) is 0 Å². The van der Waals surface area contributed by atoms with Crippen LogP contribution in [-0.4, -0.2) is 16.1 Å². The van der Waals surface area contributed by atoms with Crippen LogP contribution in [0.1, 0.15) is 50.5 Å². The molecule has 1 saturated carbocycles. The molecule has 1 aliphatic carbocycles. The van der Waals surface area contributed by atoms with Crippen LogP contribution in [0, 0.1) is 11.8 Å². The number of carboxylic acids is 1. The number of pyridine rings is 1. The molecule has 0 aromatic carbocycles. The van der Waals surface area contributed by atoms with E-state index in [0.29, 0.717) is 5.92 Å². The van der Waals surface area contributed by atoms with E-state index in [1.54, 1.807) is 6.20 Å². The van der Waals surface area contributed by atoms with Crippen molar-refractivity contribution < 1.29 is 9.90 Å². The van der Waals surface area contributed by atoms with Gasteiger partial charge in [-0.3, -0.25) is 9.78 Å². The molecule has 3 heteroatoms. The lowest BCUT2D eigenvalue weighted by Gasteiger charge is -2.28. The molecule has 18 heavy (non-hydrogen) atoms. The molecule has 98 valence electrons. The Morgan fingerprint density at radius 2 is 2.17 bits per heavy atom. The first-order valence-electron chi connectivity index (χ1n) is 6.83. The fourth-order valence-corrected chi connectivity index (χ4v) is 3.13. The van der Waals surface area contributed by atoms with E-state index in [2.05, 4.69) is 11.1 Å². The molecule has 1 aromatic rings. The van der Waals surface area contributed by atoms with Gasteiger partial charge in [-0.15, -0.1) is 0 Å². The van der Waals surface area contributed by atoms with Crippen LogP contribution in [0.15, 0.2) is 24.5 Å². The predicted octanol–water partition coefficient (Wildman–Crippen LogP) is 3.47. The highest BCUT2D eigenvalue weighted by Crippen LogP contribution is 2.40. The zero-order chi connectivity index (χ0) is 13.0. The van der Waals surface area contributed by atoms with Gasteiger partial charge in [0.1, 0.15) is 0 Å². The first kappa shape index (κ1) is 13.1. The van der Waals surface area contributed by atoms with E-state index in [-0.39, 0.29) is 11.8 Å². The van der Waals surface area contributed by atoms with Gasteiger partial charge in [0.25, 0.3) is 0 Å². The zero-order valence-electron chi connectivity index (χ0n) is 10.9. The average molecular weight is 247 g/mol. The molecule has 0 bridgehead atoms. The quantitative estimate of drug-likeness (QED) is 0.832. The Hall–Kier alpha value is -1.38. The van der Waals surface area contributed by atoms with Crippen LogP contribution in [0.25, 0.3) is 0 Å². The van der Waals surface area contributed by atoms with Gasteiger partial charge in [-0.25, -0.2) is 0 Å². The van der Waals surface area contributed by atoms with Crippen molar-refractivity contribution in [2.75, 3.05) is 0 Å². The highest BCUT2D eigenvalue weighted by Gasteiger charge is 2.32. The Balaban J connectivity index is 2.25. The maximum absolute atomic E-state index is 11.3. The minimum absolute atomic E-state index is 0.245. The number of aromatic nitrogens is 1. The fraction of sp³-hybridized carbons (Fsp3) is 0.600. The molecule has 0 amide bonds. The van der Waals surface area contributed by atoms with Gasteiger partial charge in [0.15, 0.2) is 0 Å². The van der Waals surface area contributed by atoms with E-state index < -0.39 is 5.97 Å². The molecular weight excluding hydrogens is 226 g/mol. The zero-order valence-corrected chi connectivity index (χ0v) is 10.9. The molecule has 1 heterocycles. The lowest BCUT2D eigenvalue weighted by molar-refractivity contribution is -0.143. The number of hydrogen-bond acceptors (Lipinski definition) is 2. The second-order valence-corrected chi connectivity index (χ2v) is 5.32. The van der Waals surface area contributed by atoms with Gasteiger partial charge in [0.05, 0.1) is 5.92 Å². The van der Waals surface area contributed by atoms with E-state index in [4.69, 9.17) is 0 Å². The number of carboxylic acid groups (broad SMARTS) is 1. The lowest BCUT2D eigenvalue weighted by Crippen LogP contribution is -2.25. The molecule has 3 nitrogen and oxygen atoms in total. The van der Waals surface area contributed by atoms with Crippen molar-refractivity contribution in [1.82, 2.24) is 4.98 Å². The third-order valence-electron chi connectivity index (χ3n) is 4.21. The second kappa shape index (κ2) is 5.98. The summed E-state index contributed by atoms with van der Waals surface area (Å²) in [6.07, 6.45) is 9.36. The minimum atomic E-state index is -0.671. The van der Waals surface area contributed by atoms with Gasteiger partial charge in [0, 0.05) is 12.4 Å². The Morgan fingerprint density at radius 1 is 1.39 bits per heavy atom. The molecule has 1 N–H and O–H groups in total. The molecule has 3 unspecified atom stereocenters. The average Bonchev–Trinajstić information content (AvgIpc) is 2.64. The van der Waals surface area contributed by atoms with Gasteiger partial charge in [-0.05, 0) is 36.3 Å². The SMILES string of the molecule is CC(C(=O)O)C1CCCCCC1c1cccnc1. The van der Waals surface area contributed by atoms with Crippen LogP contribution in [-0.2, 0) is 4.79 Å². The molecule has 0 spiro atoms. The highest BCUT2D eigenvalue weighted by atomic mass is 16.4. The largest absolute Gasteiger partial charge is 0.481 e. The first-order chi connectivity index (χ1) is 8.70. The summed E-state index contributed by atoms with van der Waals surface area (Å²) >= 11 is 0. The number of hydrogen-bond donors (Lipinski definition) is 1. The van der Waals surface area contributed by atoms with Gasteiger partial charge >= 0.3 is 5.97 Å². The highest BCUT2D eigenvalue weighted by molar-refractivity contribution is 5.70. The summed E-state index contributed by atoms with van der Waals surface area (Å²) < 4.78 is 0. The van der Waals surface area contributed by atoms with Crippen LogP contribution in [0.4, 0.5) is 0 Å². The maximum atomic E-state index is 11.3. The topological polar surface area (TPSA) is 50.2 Å². The minimum Gasteiger partial charge on any atom is -0.481 e. The predicted molar refractivity (Wildman–Crippen MR) is 70.4 cm³/mol. The van der Waals surface area contributed by atoms with Gasteiger partial charge < -0.3 is 5.11 Å². The van der Waals surface area contributed by atoms with E-state index in [1.807, 2.05) is 19.2 Å². The number of aliphatic carboxylic acids is 1. The van der Waals surface area contributed by atoms with Crippen LogP contribution in [0.2, 0.25) is 0 Å². The summed E-state index contributed by atoms with van der Waals surface area (Å²) in [7, 11) is 0. The first-order valence-corrected chi connectivity index (χ1v) is 6.83. The molecule has 1 fully saturated rings. The molecule has 0 aliphatic heterocycles. The van der Waals surface area contributed by atoms with Crippen LogP contribution in [0.3, 0.4) is 0 Å². The van der Waals surface area contributed by atoms with Crippen molar-refractivity contribution in [3.8, 4) is 0 Å². The Kier molecular flexibility index (Phi) is 4.34. The summed E-state index contributed by atoms with van der Waals surface area (Å²) in [5.41, 5.74) is 1.21. The van der Waals surface area contributed by atoms with E-state index >= 15 is 0 Å². The molecule has 0 radical (unpaired) electrons. The van der Waals surface area contributed by atoms with E-state index in [0.717, 1.165) is 19.3 Å². The number of nitrogens with zero attached hydrogens (tertiary/aromatic N) is 1. The van der Waals surface area contributed by atoms with Gasteiger partial charge in [-0.2, -0.15) is 0 Å². The van der Waals surface area contributed by atoms with E-state index in [1.165, 1.54) is 18.4 Å². The smallest absolute Gasteiger partial charge is 0.306 e. The molecule has 2 rings (SSSR count). The third kappa shape index (κ3) is 2.89. The molecule has 0 saturated heterocycles. The second-order valence-electron chi connectivity index (χ2n) is 5.32.